The van der Waals surface area contributed by atoms with Crippen molar-refractivity contribution in [3.05, 3.63) is 34.3 Å². The summed E-state index contributed by atoms with van der Waals surface area (Å²) in [5.74, 6) is -0.797. The molecule has 1 aliphatic heterocycles. The Bertz CT molecular complexity index is 553. The van der Waals surface area contributed by atoms with E-state index in [1.165, 1.54) is 0 Å². The number of carbonyl (C=O) groups is 1. The van der Waals surface area contributed by atoms with Crippen LogP contribution in [0.1, 0.15) is 30.9 Å². The summed E-state index contributed by atoms with van der Waals surface area (Å²) in [6.07, 6.45) is 1.52. The number of halogens is 1. The third kappa shape index (κ3) is 2.58. The Labute approximate surface area is 117 Å². The van der Waals surface area contributed by atoms with Crippen molar-refractivity contribution in [3.8, 4) is 6.07 Å². The van der Waals surface area contributed by atoms with Gasteiger partial charge in [-0.05, 0) is 44.0 Å². The second kappa shape index (κ2) is 5.20. The minimum absolute atomic E-state index is 0.493. The molecule has 1 aromatic rings. The molecule has 0 bridgehead atoms. The summed E-state index contributed by atoms with van der Waals surface area (Å²) in [6, 6.07) is 7.14. The lowest BCUT2D eigenvalue weighted by Crippen LogP contribution is -2.47. The monoisotopic (exact) mass is 278 g/mol. The highest BCUT2D eigenvalue weighted by Crippen LogP contribution is 2.32. The van der Waals surface area contributed by atoms with Gasteiger partial charge in [-0.15, -0.1) is 0 Å². The minimum atomic E-state index is -0.822. The normalized spacial score (nSPS) is 23.2. The number of likely N-dealkylation sites (tertiary alicyclic amines) is 1. The summed E-state index contributed by atoms with van der Waals surface area (Å²) < 4.78 is 0. The van der Waals surface area contributed by atoms with Crippen LogP contribution in [-0.2, 0) is 11.3 Å². The summed E-state index contributed by atoms with van der Waals surface area (Å²) in [5.41, 5.74) is 0.545. The first-order chi connectivity index (χ1) is 8.97. The number of rotatable bonds is 3. The van der Waals surface area contributed by atoms with Crippen LogP contribution in [0.4, 0.5) is 0 Å². The van der Waals surface area contributed by atoms with E-state index in [9.17, 15) is 9.90 Å². The fraction of sp³-hybridized carbons (Fsp3) is 0.429. The molecule has 0 aliphatic carbocycles. The molecular weight excluding hydrogens is 264 g/mol. The van der Waals surface area contributed by atoms with Gasteiger partial charge < -0.3 is 5.11 Å². The van der Waals surface area contributed by atoms with Crippen LogP contribution in [0.2, 0.25) is 5.02 Å². The van der Waals surface area contributed by atoms with E-state index >= 15 is 0 Å². The Hall–Kier alpha value is -1.57. The van der Waals surface area contributed by atoms with Gasteiger partial charge in [0, 0.05) is 11.6 Å². The van der Waals surface area contributed by atoms with Gasteiger partial charge in [-0.2, -0.15) is 5.26 Å². The molecule has 1 saturated heterocycles. The number of aliphatic carboxylic acids is 1. The molecule has 5 heteroatoms. The van der Waals surface area contributed by atoms with Crippen molar-refractivity contribution in [3.63, 3.8) is 0 Å². The number of carboxylic acid groups (broad SMARTS) is 1. The topological polar surface area (TPSA) is 64.3 Å². The number of nitrogens with zero attached hydrogens (tertiary/aromatic N) is 2. The van der Waals surface area contributed by atoms with Crippen molar-refractivity contribution in [2.24, 2.45) is 0 Å². The van der Waals surface area contributed by atoms with Crippen molar-refractivity contribution < 1.29 is 9.90 Å². The van der Waals surface area contributed by atoms with Gasteiger partial charge in [-0.25, -0.2) is 0 Å². The molecule has 19 heavy (non-hydrogen) atoms. The Kier molecular flexibility index (Phi) is 3.79. The zero-order chi connectivity index (χ0) is 14.0. The van der Waals surface area contributed by atoms with Crippen molar-refractivity contribution in [2.75, 3.05) is 6.54 Å². The van der Waals surface area contributed by atoms with Gasteiger partial charge in [0.25, 0.3) is 0 Å². The van der Waals surface area contributed by atoms with E-state index in [2.05, 4.69) is 0 Å². The first kappa shape index (κ1) is 13.9. The predicted molar refractivity (Wildman–Crippen MR) is 71.9 cm³/mol. The van der Waals surface area contributed by atoms with E-state index in [4.69, 9.17) is 16.9 Å². The lowest BCUT2D eigenvalue weighted by atomic mass is 9.98. The van der Waals surface area contributed by atoms with Gasteiger partial charge in [0.2, 0.25) is 0 Å². The van der Waals surface area contributed by atoms with Crippen molar-refractivity contribution in [1.29, 1.82) is 5.26 Å². The Balaban J connectivity index is 2.22. The van der Waals surface area contributed by atoms with Crippen LogP contribution in [0, 0.1) is 11.3 Å². The highest BCUT2D eigenvalue weighted by molar-refractivity contribution is 6.31. The summed E-state index contributed by atoms with van der Waals surface area (Å²) in [4.78, 5) is 13.3. The molecule has 1 N–H and O–H groups in total. The fourth-order valence-electron chi connectivity index (χ4n) is 2.47. The molecule has 1 aliphatic rings. The van der Waals surface area contributed by atoms with Gasteiger partial charge in [-0.1, -0.05) is 17.7 Å². The summed E-state index contributed by atoms with van der Waals surface area (Å²) in [5, 5.41) is 18.7. The Morgan fingerprint density at radius 1 is 1.63 bits per heavy atom. The standard InChI is InChI=1S/C14H15ClN2O2/c1-14(13(18)19)5-2-6-17(14)9-11-4-3-10(8-16)7-12(11)15/h3-4,7H,2,5-6,9H2,1H3,(H,18,19). The summed E-state index contributed by atoms with van der Waals surface area (Å²) in [7, 11) is 0. The van der Waals surface area contributed by atoms with Crippen LogP contribution in [0.3, 0.4) is 0 Å². The highest BCUT2D eigenvalue weighted by atomic mass is 35.5. The lowest BCUT2D eigenvalue weighted by molar-refractivity contribution is -0.148. The summed E-state index contributed by atoms with van der Waals surface area (Å²) >= 11 is 6.13. The molecule has 1 unspecified atom stereocenters. The SMILES string of the molecule is CC1(C(=O)O)CCCN1Cc1ccc(C#N)cc1Cl. The molecule has 1 aromatic carbocycles. The van der Waals surface area contributed by atoms with E-state index in [1.807, 2.05) is 11.0 Å². The molecule has 0 saturated carbocycles. The van der Waals surface area contributed by atoms with E-state index in [-0.39, 0.29) is 0 Å². The third-order valence-electron chi connectivity index (χ3n) is 3.79. The first-order valence-corrected chi connectivity index (χ1v) is 6.52. The van der Waals surface area contributed by atoms with Crippen LogP contribution in [0.15, 0.2) is 18.2 Å². The smallest absolute Gasteiger partial charge is 0.323 e. The molecule has 1 fully saturated rings. The van der Waals surface area contributed by atoms with Crippen LogP contribution in [0.5, 0.6) is 0 Å². The second-order valence-corrected chi connectivity index (χ2v) is 5.43. The molecule has 0 spiro atoms. The molecule has 0 aromatic heterocycles. The maximum absolute atomic E-state index is 11.4. The average Bonchev–Trinajstić information content (AvgIpc) is 2.75. The number of carboxylic acids is 1. The number of hydrogen-bond donors (Lipinski definition) is 1. The maximum atomic E-state index is 11.4. The fourth-order valence-corrected chi connectivity index (χ4v) is 2.71. The predicted octanol–water partition coefficient (Wildman–Crippen LogP) is 2.65. The van der Waals surface area contributed by atoms with Crippen molar-refractivity contribution in [2.45, 2.75) is 31.8 Å². The van der Waals surface area contributed by atoms with Gasteiger partial charge in [0.1, 0.15) is 5.54 Å². The average molecular weight is 279 g/mol. The maximum Gasteiger partial charge on any atom is 0.323 e. The quantitative estimate of drug-likeness (QED) is 0.923. The van der Waals surface area contributed by atoms with Crippen LogP contribution in [0.25, 0.3) is 0 Å². The zero-order valence-corrected chi connectivity index (χ0v) is 11.4. The second-order valence-electron chi connectivity index (χ2n) is 5.02. The van der Waals surface area contributed by atoms with E-state index in [0.717, 1.165) is 18.5 Å². The van der Waals surface area contributed by atoms with Crippen LogP contribution < -0.4 is 0 Å². The van der Waals surface area contributed by atoms with E-state index in [0.29, 0.717) is 23.6 Å². The van der Waals surface area contributed by atoms with Gasteiger partial charge in [-0.3, -0.25) is 9.69 Å². The molecular formula is C14H15ClN2O2. The Morgan fingerprint density at radius 2 is 2.37 bits per heavy atom. The van der Waals surface area contributed by atoms with Crippen molar-refractivity contribution >= 4 is 17.6 Å². The number of nitriles is 1. The lowest BCUT2D eigenvalue weighted by Gasteiger charge is -2.31. The zero-order valence-electron chi connectivity index (χ0n) is 10.7. The first-order valence-electron chi connectivity index (χ1n) is 6.14. The van der Waals surface area contributed by atoms with Crippen molar-refractivity contribution in [1.82, 2.24) is 4.90 Å². The minimum Gasteiger partial charge on any atom is -0.480 e. The highest BCUT2D eigenvalue weighted by Gasteiger charge is 2.43. The van der Waals surface area contributed by atoms with Gasteiger partial charge >= 0.3 is 5.97 Å². The van der Waals surface area contributed by atoms with Crippen LogP contribution in [-0.4, -0.2) is 28.1 Å². The van der Waals surface area contributed by atoms with E-state index in [1.54, 1.807) is 25.1 Å². The molecule has 0 amide bonds. The summed E-state index contributed by atoms with van der Waals surface area (Å²) in [6.45, 7) is 2.99. The molecule has 1 atom stereocenters. The van der Waals surface area contributed by atoms with Gasteiger partial charge in [0.15, 0.2) is 0 Å². The molecule has 1 heterocycles. The number of benzene rings is 1. The van der Waals surface area contributed by atoms with Gasteiger partial charge in [0.05, 0.1) is 11.6 Å². The molecule has 0 radical (unpaired) electrons. The van der Waals surface area contributed by atoms with Crippen LogP contribution >= 0.6 is 11.6 Å². The largest absolute Gasteiger partial charge is 0.480 e. The molecule has 4 nitrogen and oxygen atoms in total. The Morgan fingerprint density at radius 3 is 2.95 bits per heavy atom. The molecule has 2 rings (SSSR count). The third-order valence-corrected chi connectivity index (χ3v) is 4.15. The van der Waals surface area contributed by atoms with E-state index < -0.39 is 11.5 Å². The number of hydrogen-bond acceptors (Lipinski definition) is 3. The molecule has 100 valence electrons.